The number of thioether (sulfide) groups is 1. The van der Waals surface area contributed by atoms with Crippen LogP contribution in [-0.2, 0) is 9.53 Å². The molecule has 1 fully saturated rings. The van der Waals surface area contributed by atoms with Crippen molar-refractivity contribution in [2.24, 2.45) is 0 Å². The third-order valence-corrected chi connectivity index (χ3v) is 4.76. The van der Waals surface area contributed by atoms with Gasteiger partial charge in [-0.15, -0.1) is 0 Å². The molecule has 0 atom stereocenters. The number of hydrogen-bond donors (Lipinski definition) is 1. The normalized spacial score (nSPS) is 16.3. The first-order chi connectivity index (χ1) is 11.5. The number of carbonyl (C=O) groups excluding carboxylic acids is 2. The standard InChI is InChI=1S/C16H18BrNO5S/c1-3-23-12-8-10(7-11(17)14(12)19)9-13-15(20)18(16(21)24-13)5-4-6-22-2/h7-9,19H,3-6H2,1-2H3/b13-9+. The molecule has 0 saturated carbocycles. The first-order valence-corrected chi connectivity index (χ1v) is 8.98. The number of halogens is 1. The number of imide groups is 1. The highest BCUT2D eigenvalue weighted by Crippen LogP contribution is 2.38. The van der Waals surface area contributed by atoms with Gasteiger partial charge in [0.2, 0.25) is 0 Å². The molecular weight excluding hydrogens is 398 g/mol. The largest absolute Gasteiger partial charge is 0.503 e. The zero-order valence-corrected chi connectivity index (χ0v) is 15.8. The quantitative estimate of drug-likeness (QED) is 0.541. The summed E-state index contributed by atoms with van der Waals surface area (Å²) in [5.41, 5.74) is 0.658. The lowest BCUT2D eigenvalue weighted by Gasteiger charge is -2.11. The Bertz CT molecular complexity index is 677. The van der Waals surface area contributed by atoms with Gasteiger partial charge in [-0.2, -0.15) is 0 Å². The minimum atomic E-state index is -0.316. The molecule has 8 heteroatoms. The topological polar surface area (TPSA) is 76.1 Å². The molecule has 24 heavy (non-hydrogen) atoms. The number of carbonyl (C=O) groups is 2. The average Bonchev–Trinajstić information content (AvgIpc) is 2.80. The molecule has 1 saturated heterocycles. The lowest BCUT2D eigenvalue weighted by Crippen LogP contribution is -2.29. The zero-order valence-electron chi connectivity index (χ0n) is 13.4. The van der Waals surface area contributed by atoms with Crippen molar-refractivity contribution in [2.45, 2.75) is 13.3 Å². The van der Waals surface area contributed by atoms with E-state index in [0.29, 0.717) is 46.9 Å². The number of phenols is 1. The van der Waals surface area contributed by atoms with Gasteiger partial charge in [-0.05, 0) is 64.8 Å². The summed E-state index contributed by atoms with van der Waals surface area (Å²) >= 11 is 4.16. The molecule has 0 radical (unpaired) electrons. The van der Waals surface area contributed by atoms with Crippen LogP contribution in [0.15, 0.2) is 21.5 Å². The molecule has 1 heterocycles. The van der Waals surface area contributed by atoms with E-state index in [0.717, 1.165) is 11.8 Å². The smallest absolute Gasteiger partial charge is 0.293 e. The molecule has 2 amide bonds. The Hall–Kier alpha value is -1.51. The van der Waals surface area contributed by atoms with Crippen molar-refractivity contribution in [2.75, 3.05) is 26.9 Å². The third kappa shape index (κ3) is 4.31. The van der Waals surface area contributed by atoms with Crippen molar-refractivity contribution in [3.63, 3.8) is 0 Å². The maximum Gasteiger partial charge on any atom is 0.293 e. The maximum absolute atomic E-state index is 12.4. The maximum atomic E-state index is 12.4. The van der Waals surface area contributed by atoms with Gasteiger partial charge >= 0.3 is 0 Å². The Morgan fingerprint density at radius 2 is 2.12 bits per heavy atom. The van der Waals surface area contributed by atoms with E-state index in [1.807, 2.05) is 6.92 Å². The fraction of sp³-hybridized carbons (Fsp3) is 0.375. The van der Waals surface area contributed by atoms with Crippen molar-refractivity contribution in [3.8, 4) is 11.5 Å². The van der Waals surface area contributed by atoms with E-state index in [-0.39, 0.29) is 16.9 Å². The number of hydrogen-bond acceptors (Lipinski definition) is 6. The predicted molar refractivity (Wildman–Crippen MR) is 96.1 cm³/mol. The SMILES string of the molecule is CCOc1cc(/C=C2/SC(=O)N(CCCOC)C2=O)cc(Br)c1O. The monoisotopic (exact) mass is 415 g/mol. The molecule has 0 aliphatic carbocycles. The van der Waals surface area contributed by atoms with Crippen molar-refractivity contribution in [1.29, 1.82) is 0 Å². The minimum absolute atomic E-state index is 0.00155. The Morgan fingerprint density at radius 1 is 1.38 bits per heavy atom. The summed E-state index contributed by atoms with van der Waals surface area (Å²) in [5, 5.41) is 9.64. The van der Waals surface area contributed by atoms with E-state index >= 15 is 0 Å². The second-order valence-electron chi connectivity index (χ2n) is 4.96. The first-order valence-electron chi connectivity index (χ1n) is 7.37. The number of amides is 2. The molecule has 0 spiro atoms. The van der Waals surface area contributed by atoms with Gasteiger partial charge in [0.1, 0.15) is 0 Å². The molecule has 2 rings (SSSR count). The number of methoxy groups -OCH3 is 1. The predicted octanol–water partition coefficient (Wildman–Crippen LogP) is 3.63. The van der Waals surface area contributed by atoms with Crippen LogP contribution in [0.4, 0.5) is 4.79 Å². The highest BCUT2D eigenvalue weighted by Gasteiger charge is 2.34. The second-order valence-corrected chi connectivity index (χ2v) is 6.81. The van der Waals surface area contributed by atoms with Gasteiger partial charge in [-0.3, -0.25) is 14.5 Å². The fourth-order valence-electron chi connectivity index (χ4n) is 2.15. The highest BCUT2D eigenvalue weighted by molar-refractivity contribution is 9.10. The number of phenolic OH excluding ortho intramolecular Hbond substituents is 1. The van der Waals surface area contributed by atoms with Gasteiger partial charge in [0.05, 0.1) is 16.0 Å². The molecule has 1 N–H and O–H groups in total. The molecule has 1 aliphatic heterocycles. The van der Waals surface area contributed by atoms with Crippen LogP contribution in [0, 0.1) is 0 Å². The van der Waals surface area contributed by atoms with E-state index in [9.17, 15) is 14.7 Å². The number of aromatic hydroxyl groups is 1. The summed E-state index contributed by atoms with van der Waals surface area (Å²) in [6.45, 7) is 3.04. The van der Waals surface area contributed by atoms with Crippen molar-refractivity contribution >= 4 is 44.9 Å². The molecule has 130 valence electrons. The van der Waals surface area contributed by atoms with E-state index in [1.165, 1.54) is 4.90 Å². The van der Waals surface area contributed by atoms with Gasteiger partial charge < -0.3 is 14.6 Å². The zero-order chi connectivity index (χ0) is 17.7. The second kappa shape index (κ2) is 8.55. The summed E-state index contributed by atoms with van der Waals surface area (Å²) in [7, 11) is 1.58. The van der Waals surface area contributed by atoms with Crippen LogP contribution < -0.4 is 4.74 Å². The molecule has 1 aromatic carbocycles. The third-order valence-electron chi connectivity index (χ3n) is 3.25. The number of nitrogens with zero attached hydrogens (tertiary/aromatic N) is 1. The molecule has 6 nitrogen and oxygen atoms in total. The Labute approximate surface area is 152 Å². The average molecular weight is 416 g/mol. The molecule has 0 unspecified atom stereocenters. The molecule has 0 aromatic heterocycles. The van der Waals surface area contributed by atoms with Crippen LogP contribution in [0.3, 0.4) is 0 Å². The molecule has 0 bridgehead atoms. The van der Waals surface area contributed by atoms with Crippen LogP contribution >= 0.6 is 27.7 Å². The summed E-state index contributed by atoms with van der Waals surface area (Å²) in [5.74, 6) is 0.00220. The molecule has 1 aliphatic rings. The molecular formula is C16H18BrNO5S. The van der Waals surface area contributed by atoms with E-state index < -0.39 is 0 Å². The van der Waals surface area contributed by atoms with E-state index in [2.05, 4.69) is 15.9 Å². The summed E-state index contributed by atoms with van der Waals surface area (Å²) in [4.78, 5) is 25.9. The van der Waals surface area contributed by atoms with Gasteiger partial charge in [-0.25, -0.2) is 0 Å². The Kier molecular flexibility index (Phi) is 6.70. The van der Waals surface area contributed by atoms with Gasteiger partial charge in [-0.1, -0.05) is 0 Å². The summed E-state index contributed by atoms with van der Waals surface area (Å²) in [6, 6.07) is 3.29. The summed E-state index contributed by atoms with van der Waals surface area (Å²) in [6.07, 6.45) is 2.22. The lowest BCUT2D eigenvalue weighted by atomic mass is 10.2. The van der Waals surface area contributed by atoms with Gasteiger partial charge in [0.25, 0.3) is 11.1 Å². The van der Waals surface area contributed by atoms with Gasteiger partial charge in [0, 0.05) is 20.3 Å². The number of rotatable bonds is 7. The van der Waals surface area contributed by atoms with Crippen molar-refractivity contribution in [1.82, 2.24) is 4.90 Å². The minimum Gasteiger partial charge on any atom is -0.503 e. The van der Waals surface area contributed by atoms with Crippen LogP contribution in [0.25, 0.3) is 6.08 Å². The van der Waals surface area contributed by atoms with Crippen LogP contribution in [0.2, 0.25) is 0 Å². The number of benzene rings is 1. The molecule has 1 aromatic rings. The fourth-order valence-corrected chi connectivity index (χ4v) is 3.48. The van der Waals surface area contributed by atoms with Crippen LogP contribution in [-0.4, -0.2) is 48.0 Å². The Morgan fingerprint density at radius 3 is 2.79 bits per heavy atom. The summed E-state index contributed by atoms with van der Waals surface area (Å²) < 4.78 is 10.8. The van der Waals surface area contributed by atoms with Crippen molar-refractivity contribution in [3.05, 3.63) is 27.1 Å². The highest BCUT2D eigenvalue weighted by atomic mass is 79.9. The van der Waals surface area contributed by atoms with Gasteiger partial charge in [0.15, 0.2) is 11.5 Å². The Balaban J connectivity index is 2.22. The van der Waals surface area contributed by atoms with Crippen LogP contribution in [0.1, 0.15) is 18.9 Å². The van der Waals surface area contributed by atoms with E-state index in [4.69, 9.17) is 9.47 Å². The van der Waals surface area contributed by atoms with Crippen LogP contribution in [0.5, 0.6) is 11.5 Å². The van der Waals surface area contributed by atoms with E-state index in [1.54, 1.807) is 25.3 Å². The first kappa shape index (κ1) is 18.8. The van der Waals surface area contributed by atoms with Crippen molar-refractivity contribution < 1.29 is 24.2 Å². The lowest BCUT2D eigenvalue weighted by molar-refractivity contribution is -0.122. The number of ether oxygens (including phenoxy) is 2.